The van der Waals surface area contributed by atoms with Crippen LogP contribution in [0.15, 0.2) is 18.2 Å². The van der Waals surface area contributed by atoms with Crippen LogP contribution >= 0.6 is 0 Å². The van der Waals surface area contributed by atoms with E-state index >= 15 is 0 Å². The summed E-state index contributed by atoms with van der Waals surface area (Å²) in [6, 6.07) is 5.83. The third kappa shape index (κ3) is 3.63. The van der Waals surface area contributed by atoms with Gasteiger partial charge in [-0.3, -0.25) is 0 Å². The van der Waals surface area contributed by atoms with Crippen LogP contribution in [-0.2, 0) is 0 Å². The van der Waals surface area contributed by atoms with Crippen molar-refractivity contribution >= 4 is 0 Å². The Balaban J connectivity index is 3.00. The lowest BCUT2D eigenvalue weighted by molar-refractivity contribution is 0.168. The second-order valence-corrected chi connectivity index (χ2v) is 4.10. The van der Waals surface area contributed by atoms with Crippen molar-refractivity contribution < 1.29 is 14.6 Å². The van der Waals surface area contributed by atoms with Gasteiger partial charge < -0.3 is 14.6 Å². The molecule has 3 heteroatoms. The lowest BCUT2D eigenvalue weighted by Crippen LogP contribution is -2.11. The van der Waals surface area contributed by atoms with E-state index in [4.69, 9.17) is 9.47 Å². The molecule has 0 spiro atoms. The molecule has 0 aliphatic carbocycles. The molecule has 2 unspecified atom stereocenters. The molecule has 0 saturated heterocycles. The van der Waals surface area contributed by atoms with E-state index in [1.54, 1.807) is 6.92 Å². The van der Waals surface area contributed by atoms with Gasteiger partial charge in [-0.05, 0) is 38.5 Å². The second kappa shape index (κ2) is 6.50. The Morgan fingerprint density at radius 3 is 2.18 bits per heavy atom. The van der Waals surface area contributed by atoms with Crippen LogP contribution in [0.2, 0.25) is 0 Å². The number of hydrogen-bond acceptors (Lipinski definition) is 3. The zero-order valence-corrected chi connectivity index (χ0v) is 11.1. The van der Waals surface area contributed by atoms with Crippen molar-refractivity contribution in [2.45, 2.75) is 39.7 Å². The topological polar surface area (TPSA) is 38.7 Å². The van der Waals surface area contributed by atoms with Crippen LogP contribution in [-0.4, -0.2) is 24.4 Å². The van der Waals surface area contributed by atoms with Crippen molar-refractivity contribution in [1.82, 2.24) is 0 Å². The fourth-order valence-electron chi connectivity index (χ4n) is 1.63. The molecule has 2 atom stereocenters. The summed E-state index contributed by atoms with van der Waals surface area (Å²) in [5.74, 6) is 1.60. The van der Waals surface area contributed by atoms with E-state index in [-0.39, 0.29) is 12.0 Å². The maximum Gasteiger partial charge on any atom is 0.161 e. The molecule has 0 amide bonds. The van der Waals surface area contributed by atoms with Crippen molar-refractivity contribution in [2.75, 3.05) is 13.2 Å². The minimum atomic E-state index is -0.373. The van der Waals surface area contributed by atoms with Crippen LogP contribution < -0.4 is 9.47 Å². The van der Waals surface area contributed by atoms with Crippen LogP contribution in [0.4, 0.5) is 0 Å². The molecule has 1 N–H and O–H groups in total. The molecular weight excluding hydrogens is 216 g/mol. The Labute approximate surface area is 103 Å². The highest BCUT2D eigenvalue weighted by Gasteiger charge is 2.14. The Morgan fingerprint density at radius 2 is 1.65 bits per heavy atom. The summed E-state index contributed by atoms with van der Waals surface area (Å²) in [6.07, 6.45) is -0.373. The highest BCUT2D eigenvalue weighted by molar-refractivity contribution is 5.44. The molecule has 0 fully saturated rings. The largest absolute Gasteiger partial charge is 0.490 e. The van der Waals surface area contributed by atoms with Gasteiger partial charge in [0.15, 0.2) is 11.5 Å². The molecule has 0 heterocycles. The Morgan fingerprint density at radius 1 is 1.06 bits per heavy atom. The van der Waals surface area contributed by atoms with E-state index in [0.717, 1.165) is 17.1 Å². The molecule has 1 aromatic carbocycles. The van der Waals surface area contributed by atoms with E-state index in [9.17, 15) is 5.11 Å². The molecule has 96 valence electrons. The normalized spacial score (nSPS) is 14.2. The minimum absolute atomic E-state index is 0.0879. The lowest BCUT2D eigenvalue weighted by atomic mass is 9.96. The Hall–Kier alpha value is -1.22. The Bertz CT molecular complexity index is 347. The number of rotatable bonds is 6. The highest BCUT2D eigenvalue weighted by Crippen LogP contribution is 2.32. The maximum absolute atomic E-state index is 9.60. The predicted molar refractivity (Wildman–Crippen MR) is 68.9 cm³/mol. The first kappa shape index (κ1) is 13.8. The van der Waals surface area contributed by atoms with Crippen LogP contribution in [0.1, 0.15) is 39.2 Å². The summed E-state index contributed by atoms with van der Waals surface area (Å²) in [7, 11) is 0. The van der Waals surface area contributed by atoms with Crippen molar-refractivity contribution in [3.63, 3.8) is 0 Å². The molecule has 1 aromatic rings. The van der Waals surface area contributed by atoms with Crippen LogP contribution in [0.5, 0.6) is 11.5 Å². The molecule has 0 saturated carbocycles. The van der Waals surface area contributed by atoms with Gasteiger partial charge >= 0.3 is 0 Å². The first-order chi connectivity index (χ1) is 8.10. The molecular formula is C14H22O3. The molecule has 0 aliphatic heterocycles. The van der Waals surface area contributed by atoms with Crippen molar-refractivity contribution in [3.05, 3.63) is 23.8 Å². The summed E-state index contributed by atoms with van der Waals surface area (Å²) >= 11 is 0. The monoisotopic (exact) mass is 238 g/mol. The van der Waals surface area contributed by atoms with E-state index in [0.29, 0.717) is 13.2 Å². The van der Waals surface area contributed by atoms with Crippen LogP contribution in [0.25, 0.3) is 0 Å². The zero-order chi connectivity index (χ0) is 12.8. The summed E-state index contributed by atoms with van der Waals surface area (Å²) in [5, 5.41) is 9.60. The molecule has 17 heavy (non-hydrogen) atoms. The minimum Gasteiger partial charge on any atom is -0.490 e. The SMILES string of the molecule is CCOc1ccc(C(C)C(C)O)cc1OCC. The quantitative estimate of drug-likeness (QED) is 0.828. The average Bonchev–Trinajstić information content (AvgIpc) is 2.31. The van der Waals surface area contributed by atoms with E-state index < -0.39 is 0 Å². The maximum atomic E-state index is 9.60. The van der Waals surface area contributed by atoms with Gasteiger partial charge in [0, 0.05) is 5.92 Å². The van der Waals surface area contributed by atoms with Crippen molar-refractivity contribution in [3.8, 4) is 11.5 Å². The molecule has 0 aromatic heterocycles. The fraction of sp³-hybridized carbons (Fsp3) is 0.571. The first-order valence-electron chi connectivity index (χ1n) is 6.17. The summed E-state index contributed by atoms with van der Waals surface area (Å²) in [4.78, 5) is 0. The van der Waals surface area contributed by atoms with Crippen molar-refractivity contribution in [2.24, 2.45) is 0 Å². The average molecular weight is 238 g/mol. The number of hydrogen-bond donors (Lipinski definition) is 1. The molecule has 0 aliphatic rings. The fourth-order valence-corrected chi connectivity index (χ4v) is 1.63. The van der Waals surface area contributed by atoms with Gasteiger partial charge in [-0.2, -0.15) is 0 Å². The van der Waals surface area contributed by atoms with Gasteiger partial charge in [-0.1, -0.05) is 13.0 Å². The third-order valence-electron chi connectivity index (χ3n) is 2.82. The van der Waals surface area contributed by atoms with Gasteiger partial charge in [0.05, 0.1) is 19.3 Å². The smallest absolute Gasteiger partial charge is 0.161 e. The third-order valence-corrected chi connectivity index (χ3v) is 2.82. The van der Waals surface area contributed by atoms with Gasteiger partial charge in [-0.25, -0.2) is 0 Å². The van der Waals surface area contributed by atoms with Gasteiger partial charge in [-0.15, -0.1) is 0 Å². The number of benzene rings is 1. The lowest BCUT2D eigenvalue weighted by Gasteiger charge is -2.18. The summed E-state index contributed by atoms with van der Waals surface area (Å²) < 4.78 is 11.1. The predicted octanol–water partition coefficient (Wildman–Crippen LogP) is 2.97. The van der Waals surface area contributed by atoms with E-state index in [2.05, 4.69) is 0 Å². The second-order valence-electron chi connectivity index (χ2n) is 4.10. The summed E-state index contributed by atoms with van der Waals surface area (Å²) in [6.45, 7) is 8.90. The van der Waals surface area contributed by atoms with Gasteiger partial charge in [0.1, 0.15) is 0 Å². The molecule has 3 nitrogen and oxygen atoms in total. The van der Waals surface area contributed by atoms with Gasteiger partial charge in [0.2, 0.25) is 0 Å². The summed E-state index contributed by atoms with van der Waals surface area (Å²) in [5.41, 5.74) is 1.06. The number of aliphatic hydroxyl groups excluding tert-OH is 1. The number of ether oxygens (including phenoxy) is 2. The van der Waals surface area contributed by atoms with E-state index in [1.807, 2.05) is 39.0 Å². The van der Waals surface area contributed by atoms with Crippen LogP contribution in [0, 0.1) is 0 Å². The number of aliphatic hydroxyl groups is 1. The van der Waals surface area contributed by atoms with Crippen LogP contribution in [0.3, 0.4) is 0 Å². The standard InChI is InChI=1S/C14H22O3/c1-5-16-13-8-7-12(10(3)11(4)15)9-14(13)17-6-2/h7-11,15H,5-6H2,1-4H3. The molecule has 1 rings (SSSR count). The molecule has 0 radical (unpaired) electrons. The zero-order valence-electron chi connectivity index (χ0n) is 11.1. The van der Waals surface area contributed by atoms with E-state index in [1.165, 1.54) is 0 Å². The highest BCUT2D eigenvalue weighted by atomic mass is 16.5. The van der Waals surface area contributed by atoms with Crippen molar-refractivity contribution in [1.29, 1.82) is 0 Å². The Kier molecular flexibility index (Phi) is 5.29. The molecule has 0 bridgehead atoms. The van der Waals surface area contributed by atoms with Gasteiger partial charge in [0.25, 0.3) is 0 Å². The first-order valence-corrected chi connectivity index (χ1v) is 6.17.